The Morgan fingerprint density at radius 2 is 1.50 bits per heavy atom. The second kappa shape index (κ2) is 10.3. The van der Waals surface area contributed by atoms with Crippen LogP contribution in [0.2, 0.25) is 12.6 Å². The van der Waals surface area contributed by atoms with Crippen molar-refractivity contribution in [1.29, 1.82) is 0 Å². The van der Waals surface area contributed by atoms with Gasteiger partial charge in [-0.3, -0.25) is 0 Å². The molecule has 0 bridgehead atoms. The normalized spacial score (nSPS) is 12.0. The second-order valence-electron chi connectivity index (χ2n) is 4.32. The Morgan fingerprint density at radius 3 is 2.06 bits per heavy atom. The van der Waals surface area contributed by atoms with E-state index >= 15 is 0 Å². The van der Waals surface area contributed by atoms with Crippen molar-refractivity contribution in [2.24, 2.45) is 0 Å². The third kappa shape index (κ3) is 8.27. The minimum atomic E-state index is -1.81. The van der Waals surface area contributed by atoms with Gasteiger partial charge in [-0.1, -0.05) is 26.2 Å². The second-order valence-corrected chi connectivity index (χ2v) is 7.90. The first kappa shape index (κ1) is 16.1. The van der Waals surface area contributed by atoms with Crippen molar-refractivity contribution in [2.45, 2.75) is 51.6 Å². The number of hydrogen-bond acceptors (Lipinski definition) is 3. The van der Waals surface area contributed by atoms with Crippen LogP contribution in [-0.2, 0) is 13.6 Å². The maximum absolute atomic E-state index is 5.44. The zero-order valence-corrected chi connectivity index (χ0v) is 12.4. The fourth-order valence-corrected chi connectivity index (χ4v) is 3.00. The molecule has 0 N–H and O–H groups in total. The van der Waals surface area contributed by atoms with Gasteiger partial charge in [0, 0.05) is 27.4 Å². The number of rotatable bonds is 11. The van der Waals surface area contributed by atoms with E-state index in [0.29, 0.717) is 0 Å². The summed E-state index contributed by atoms with van der Waals surface area (Å²) < 4.78 is 16.3. The quantitative estimate of drug-likeness (QED) is 0.414. The van der Waals surface area contributed by atoms with Crippen molar-refractivity contribution in [1.82, 2.24) is 0 Å². The molecule has 0 amide bonds. The van der Waals surface area contributed by atoms with Crippen LogP contribution in [0, 0.1) is 0 Å². The highest BCUT2D eigenvalue weighted by atomic mass is 28.4. The van der Waals surface area contributed by atoms with Crippen molar-refractivity contribution in [3.8, 4) is 0 Å². The Bertz CT molecular complexity index is 149. The fourth-order valence-electron chi connectivity index (χ4n) is 1.54. The van der Waals surface area contributed by atoms with E-state index in [1.807, 2.05) is 0 Å². The molecule has 0 unspecified atom stereocenters. The van der Waals surface area contributed by atoms with E-state index < -0.39 is 8.56 Å². The van der Waals surface area contributed by atoms with Gasteiger partial charge in [0.15, 0.2) is 0 Å². The molecule has 16 heavy (non-hydrogen) atoms. The average molecular weight is 248 g/mol. The molecule has 0 saturated carbocycles. The lowest BCUT2D eigenvalue weighted by Gasteiger charge is -2.22. The number of ether oxygens (including phenoxy) is 1. The summed E-state index contributed by atoms with van der Waals surface area (Å²) in [5, 5.41) is 0. The molecule has 0 heterocycles. The minimum Gasteiger partial charge on any atom is -0.398 e. The molecule has 0 fully saturated rings. The summed E-state index contributed by atoms with van der Waals surface area (Å²) >= 11 is 0. The molecule has 0 aliphatic heterocycles. The minimum absolute atomic E-state index is 0.901. The summed E-state index contributed by atoms with van der Waals surface area (Å²) in [6.07, 6.45) is 6.01. The van der Waals surface area contributed by atoms with Gasteiger partial charge >= 0.3 is 8.56 Å². The predicted octanol–water partition coefficient (Wildman–Crippen LogP) is 3.34. The van der Waals surface area contributed by atoms with Crippen molar-refractivity contribution in [3.05, 3.63) is 0 Å². The van der Waals surface area contributed by atoms with Gasteiger partial charge in [0.05, 0.1) is 0 Å². The third-order valence-electron chi connectivity index (χ3n) is 2.88. The van der Waals surface area contributed by atoms with Crippen LogP contribution in [0.4, 0.5) is 0 Å². The van der Waals surface area contributed by atoms with Crippen LogP contribution in [0.25, 0.3) is 0 Å². The highest BCUT2D eigenvalue weighted by Gasteiger charge is 2.27. The maximum atomic E-state index is 5.44. The van der Waals surface area contributed by atoms with E-state index in [9.17, 15) is 0 Å². The summed E-state index contributed by atoms with van der Waals surface area (Å²) in [5.74, 6) is 0. The van der Waals surface area contributed by atoms with Gasteiger partial charge in [-0.05, 0) is 25.4 Å². The summed E-state index contributed by atoms with van der Waals surface area (Å²) in [6, 6.07) is 1.09. The lowest BCUT2D eigenvalue weighted by atomic mass is 10.2. The smallest absolute Gasteiger partial charge is 0.334 e. The van der Waals surface area contributed by atoms with Gasteiger partial charge in [-0.15, -0.1) is 0 Å². The largest absolute Gasteiger partial charge is 0.398 e. The van der Waals surface area contributed by atoms with Crippen LogP contribution in [0.3, 0.4) is 0 Å². The molecule has 0 atom stereocenters. The highest BCUT2D eigenvalue weighted by Crippen LogP contribution is 2.16. The molecular formula is C12H28O3Si. The lowest BCUT2D eigenvalue weighted by molar-refractivity contribution is 0.130. The van der Waals surface area contributed by atoms with Crippen molar-refractivity contribution >= 4 is 8.56 Å². The molecule has 0 aliphatic rings. The van der Waals surface area contributed by atoms with E-state index in [4.69, 9.17) is 13.6 Å². The van der Waals surface area contributed by atoms with Crippen LogP contribution in [0.15, 0.2) is 0 Å². The molecular weight excluding hydrogens is 220 g/mol. The number of unbranched alkanes of at least 4 members (excludes halogenated alkanes) is 3. The molecule has 0 aromatic rings. The first-order valence-corrected chi connectivity index (χ1v) is 8.89. The predicted molar refractivity (Wildman–Crippen MR) is 70.0 cm³/mol. The standard InChI is InChI=1S/C12H28O3Si/c1-5-10-15-11-8-6-7-9-12-16(4,13-2)14-3/h5-12H2,1-4H3. The summed E-state index contributed by atoms with van der Waals surface area (Å²) in [4.78, 5) is 0. The SMILES string of the molecule is CCCOCCCCCC[Si](C)(OC)OC. The van der Waals surface area contributed by atoms with E-state index in [2.05, 4.69) is 13.5 Å². The van der Waals surface area contributed by atoms with E-state index in [0.717, 1.165) is 25.7 Å². The molecule has 4 heteroatoms. The molecule has 0 spiro atoms. The van der Waals surface area contributed by atoms with Crippen molar-refractivity contribution < 1.29 is 13.6 Å². The van der Waals surface area contributed by atoms with Gasteiger partial charge in [0.25, 0.3) is 0 Å². The van der Waals surface area contributed by atoms with Gasteiger partial charge in [0.2, 0.25) is 0 Å². The molecule has 0 aliphatic carbocycles. The Morgan fingerprint density at radius 1 is 0.875 bits per heavy atom. The van der Waals surface area contributed by atoms with E-state index in [1.54, 1.807) is 14.2 Å². The molecule has 0 aromatic heterocycles. The summed E-state index contributed by atoms with van der Waals surface area (Å²) in [6.45, 7) is 6.08. The van der Waals surface area contributed by atoms with Crippen molar-refractivity contribution in [2.75, 3.05) is 27.4 Å². The molecule has 0 aromatic carbocycles. The van der Waals surface area contributed by atoms with Crippen molar-refractivity contribution in [3.63, 3.8) is 0 Å². The Balaban J connectivity index is 3.26. The van der Waals surface area contributed by atoms with Crippen LogP contribution in [0.5, 0.6) is 0 Å². The van der Waals surface area contributed by atoms with Gasteiger partial charge in [0.1, 0.15) is 0 Å². The molecule has 98 valence electrons. The summed E-state index contributed by atoms with van der Waals surface area (Å²) in [7, 11) is 1.71. The highest BCUT2D eigenvalue weighted by molar-refractivity contribution is 6.65. The lowest BCUT2D eigenvalue weighted by Crippen LogP contribution is -2.35. The van der Waals surface area contributed by atoms with Gasteiger partial charge in [-0.2, -0.15) is 0 Å². The van der Waals surface area contributed by atoms with E-state index in [1.165, 1.54) is 25.7 Å². The monoisotopic (exact) mass is 248 g/mol. The molecule has 0 rings (SSSR count). The zero-order valence-electron chi connectivity index (χ0n) is 11.4. The van der Waals surface area contributed by atoms with E-state index in [-0.39, 0.29) is 0 Å². The fraction of sp³-hybridized carbons (Fsp3) is 1.00. The zero-order chi connectivity index (χ0) is 12.3. The molecule has 0 radical (unpaired) electrons. The average Bonchev–Trinajstić information content (AvgIpc) is 2.32. The van der Waals surface area contributed by atoms with Crippen LogP contribution in [0.1, 0.15) is 39.0 Å². The van der Waals surface area contributed by atoms with Crippen LogP contribution < -0.4 is 0 Å². The Hall–Kier alpha value is 0.0969. The topological polar surface area (TPSA) is 27.7 Å². The van der Waals surface area contributed by atoms with Gasteiger partial charge < -0.3 is 13.6 Å². The van der Waals surface area contributed by atoms with Gasteiger partial charge in [-0.25, -0.2) is 0 Å². The molecule has 3 nitrogen and oxygen atoms in total. The third-order valence-corrected chi connectivity index (χ3v) is 5.87. The van der Waals surface area contributed by atoms with Crippen LogP contribution in [-0.4, -0.2) is 36.0 Å². The Labute approximate surface area is 102 Å². The Kier molecular flexibility index (Phi) is 10.3. The molecule has 0 saturated heterocycles. The maximum Gasteiger partial charge on any atom is 0.334 e. The van der Waals surface area contributed by atoms with Crippen LogP contribution >= 0.6 is 0 Å². The first-order valence-electron chi connectivity index (χ1n) is 6.36. The summed E-state index contributed by atoms with van der Waals surface area (Å²) in [5.41, 5.74) is 0. The first-order chi connectivity index (χ1) is 7.68. The number of hydrogen-bond donors (Lipinski definition) is 0.